The fourth-order valence-corrected chi connectivity index (χ4v) is 1.62. The van der Waals surface area contributed by atoms with Gasteiger partial charge in [-0.1, -0.05) is 0 Å². The van der Waals surface area contributed by atoms with Crippen LogP contribution in [0.15, 0.2) is 16.9 Å². The van der Waals surface area contributed by atoms with Crippen LogP contribution in [-0.2, 0) is 6.54 Å². The molecule has 0 atom stereocenters. The first-order valence-electron chi connectivity index (χ1n) is 4.11. The molecule has 0 aromatic carbocycles. The van der Waals surface area contributed by atoms with Gasteiger partial charge in [-0.15, -0.1) is 0 Å². The number of carboxylic acids is 1. The predicted octanol–water partition coefficient (Wildman–Crippen LogP) is 2.25. The summed E-state index contributed by atoms with van der Waals surface area (Å²) in [5.41, 5.74) is 0.258. The van der Waals surface area contributed by atoms with E-state index in [4.69, 9.17) is 10.4 Å². The number of aromatic carboxylic acids is 1. The molecule has 1 N–H and O–H groups in total. The van der Waals surface area contributed by atoms with Crippen molar-refractivity contribution in [2.24, 2.45) is 0 Å². The third-order valence-corrected chi connectivity index (χ3v) is 2.46. The van der Waals surface area contributed by atoms with Gasteiger partial charge >= 0.3 is 5.97 Å². The highest BCUT2D eigenvalue weighted by Gasteiger charge is 2.08. The van der Waals surface area contributed by atoms with E-state index in [-0.39, 0.29) is 5.56 Å². The number of halogens is 1. The van der Waals surface area contributed by atoms with Crippen LogP contribution in [0.1, 0.15) is 23.2 Å². The van der Waals surface area contributed by atoms with Crippen molar-refractivity contribution in [3.8, 4) is 6.07 Å². The summed E-state index contributed by atoms with van der Waals surface area (Å²) in [6.45, 7) is 0.654. The summed E-state index contributed by atoms with van der Waals surface area (Å²) in [6.07, 6.45) is 2.76. The Balaban J connectivity index is 2.69. The third kappa shape index (κ3) is 2.60. The summed E-state index contributed by atoms with van der Waals surface area (Å²) < 4.78 is 2.51. The maximum Gasteiger partial charge on any atom is 0.337 e. The molecule has 0 radical (unpaired) electrons. The van der Waals surface area contributed by atoms with Gasteiger partial charge in [0.2, 0.25) is 0 Å². The van der Waals surface area contributed by atoms with Crippen LogP contribution in [0.4, 0.5) is 0 Å². The monoisotopic (exact) mass is 256 g/mol. The number of aryl methyl sites for hydroxylation is 1. The predicted molar refractivity (Wildman–Crippen MR) is 53.9 cm³/mol. The van der Waals surface area contributed by atoms with Gasteiger partial charge in [-0.2, -0.15) is 5.26 Å². The molecule has 0 bridgehead atoms. The second kappa shape index (κ2) is 4.82. The average molecular weight is 257 g/mol. The maximum atomic E-state index is 10.6. The Labute approximate surface area is 89.9 Å². The fraction of sp³-hybridized carbons (Fsp3) is 0.333. The fourth-order valence-electron chi connectivity index (χ4n) is 1.09. The van der Waals surface area contributed by atoms with Crippen molar-refractivity contribution in [1.82, 2.24) is 4.57 Å². The summed E-state index contributed by atoms with van der Waals surface area (Å²) in [7, 11) is 0. The molecule has 1 heterocycles. The van der Waals surface area contributed by atoms with Gasteiger partial charge in [0.25, 0.3) is 0 Å². The molecule has 1 aromatic rings. The largest absolute Gasteiger partial charge is 0.478 e. The highest BCUT2D eigenvalue weighted by Crippen LogP contribution is 2.16. The molecule has 0 aliphatic heterocycles. The lowest BCUT2D eigenvalue weighted by Gasteiger charge is -2.01. The maximum absolute atomic E-state index is 10.6. The number of nitrogens with zero attached hydrogens (tertiary/aromatic N) is 2. The first kappa shape index (κ1) is 10.8. The molecule has 0 aliphatic carbocycles. The van der Waals surface area contributed by atoms with Gasteiger partial charge in [0.1, 0.15) is 0 Å². The summed E-state index contributed by atoms with van der Waals surface area (Å²) >= 11 is 3.25. The van der Waals surface area contributed by atoms with Crippen LogP contribution < -0.4 is 0 Å². The van der Waals surface area contributed by atoms with Gasteiger partial charge in [-0.25, -0.2) is 4.79 Å². The Morgan fingerprint density at radius 2 is 2.43 bits per heavy atom. The molecule has 74 valence electrons. The number of hydrogen-bond donors (Lipinski definition) is 1. The quantitative estimate of drug-likeness (QED) is 0.841. The van der Waals surface area contributed by atoms with E-state index in [9.17, 15) is 4.79 Å². The molecule has 0 aliphatic rings. The summed E-state index contributed by atoms with van der Waals surface area (Å²) in [5.74, 6) is -0.940. The van der Waals surface area contributed by atoms with Crippen LogP contribution in [0.2, 0.25) is 0 Å². The summed E-state index contributed by atoms with van der Waals surface area (Å²) in [6, 6.07) is 3.59. The Kier molecular flexibility index (Phi) is 3.72. The van der Waals surface area contributed by atoms with E-state index in [2.05, 4.69) is 15.9 Å². The number of nitriles is 1. The van der Waals surface area contributed by atoms with Crippen LogP contribution in [0, 0.1) is 11.3 Å². The zero-order chi connectivity index (χ0) is 10.6. The number of hydrogen-bond acceptors (Lipinski definition) is 2. The third-order valence-electron chi connectivity index (χ3n) is 1.78. The van der Waals surface area contributed by atoms with Crippen molar-refractivity contribution in [1.29, 1.82) is 5.26 Å². The highest BCUT2D eigenvalue weighted by atomic mass is 79.9. The van der Waals surface area contributed by atoms with E-state index < -0.39 is 5.97 Å². The molecular formula is C9H9BrN2O2. The molecule has 0 fully saturated rings. The van der Waals surface area contributed by atoms with Gasteiger partial charge in [0.15, 0.2) is 0 Å². The second-order valence-corrected chi connectivity index (χ2v) is 3.62. The zero-order valence-electron chi connectivity index (χ0n) is 7.40. The van der Waals surface area contributed by atoms with Gasteiger partial charge in [-0.05, 0) is 28.4 Å². The highest BCUT2D eigenvalue weighted by molar-refractivity contribution is 9.10. The molecule has 0 unspecified atom stereocenters. The van der Waals surface area contributed by atoms with E-state index >= 15 is 0 Å². The topological polar surface area (TPSA) is 66.0 Å². The Hall–Kier alpha value is -1.28. The van der Waals surface area contributed by atoms with Crippen LogP contribution in [-0.4, -0.2) is 15.6 Å². The number of aromatic nitrogens is 1. The molecule has 0 saturated carbocycles. The first-order valence-corrected chi connectivity index (χ1v) is 4.90. The van der Waals surface area contributed by atoms with Crippen molar-refractivity contribution in [3.63, 3.8) is 0 Å². The molecule has 1 rings (SSSR count). The van der Waals surface area contributed by atoms with Gasteiger partial charge in [0.05, 0.1) is 16.2 Å². The van der Waals surface area contributed by atoms with Crippen molar-refractivity contribution >= 4 is 21.9 Å². The van der Waals surface area contributed by atoms with Gasteiger partial charge < -0.3 is 9.67 Å². The van der Waals surface area contributed by atoms with Crippen LogP contribution in [0.25, 0.3) is 0 Å². The standard InChI is InChI=1S/C9H9BrN2O2/c10-8-5-7(9(13)14)6-12(8)4-2-1-3-11/h5-6H,1-2,4H2,(H,13,14). The SMILES string of the molecule is N#CCCCn1cc(C(=O)O)cc1Br. The van der Waals surface area contributed by atoms with Crippen molar-refractivity contribution in [2.45, 2.75) is 19.4 Å². The minimum atomic E-state index is -0.940. The molecule has 0 amide bonds. The van der Waals surface area contributed by atoms with Gasteiger partial charge in [-0.3, -0.25) is 0 Å². The van der Waals surface area contributed by atoms with E-state index in [0.29, 0.717) is 13.0 Å². The van der Waals surface area contributed by atoms with E-state index in [1.54, 1.807) is 16.8 Å². The minimum absolute atomic E-state index is 0.258. The Morgan fingerprint density at radius 3 is 2.93 bits per heavy atom. The average Bonchev–Trinajstić information content (AvgIpc) is 2.49. The first-order chi connectivity index (χ1) is 6.65. The lowest BCUT2D eigenvalue weighted by atomic mass is 10.3. The minimum Gasteiger partial charge on any atom is -0.478 e. The number of rotatable bonds is 4. The molecule has 1 aromatic heterocycles. The Bertz CT molecular complexity index is 379. The number of carboxylic acid groups (broad SMARTS) is 1. The van der Waals surface area contributed by atoms with Crippen LogP contribution >= 0.6 is 15.9 Å². The van der Waals surface area contributed by atoms with Gasteiger partial charge in [0, 0.05) is 19.2 Å². The van der Waals surface area contributed by atoms with E-state index in [1.165, 1.54) is 0 Å². The number of carbonyl (C=O) groups is 1. The van der Waals surface area contributed by atoms with Crippen molar-refractivity contribution in [3.05, 3.63) is 22.4 Å². The normalized spacial score (nSPS) is 9.71. The number of unbranched alkanes of at least 4 members (excludes halogenated alkanes) is 1. The van der Waals surface area contributed by atoms with E-state index in [0.717, 1.165) is 11.0 Å². The summed E-state index contributed by atoms with van der Waals surface area (Å²) in [5, 5.41) is 17.0. The molecule has 4 nitrogen and oxygen atoms in total. The molecule has 0 spiro atoms. The zero-order valence-corrected chi connectivity index (χ0v) is 8.99. The van der Waals surface area contributed by atoms with Crippen molar-refractivity contribution < 1.29 is 9.90 Å². The van der Waals surface area contributed by atoms with Crippen molar-refractivity contribution in [2.75, 3.05) is 0 Å². The summed E-state index contributed by atoms with van der Waals surface area (Å²) in [4.78, 5) is 10.6. The molecular weight excluding hydrogens is 248 g/mol. The van der Waals surface area contributed by atoms with Crippen LogP contribution in [0.5, 0.6) is 0 Å². The lowest BCUT2D eigenvalue weighted by molar-refractivity contribution is 0.0697. The lowest BCUT2D eigenvalue weighted by Crippen LogP contribution is -1.97. The smallest absolute Gasteiger partial charge is 0.337 e. The molecule has 14 heavy (non-hydrogen) atoms. The van der Waals surface area contributed by atoms with E-state index in [1.807, 2.05) is 6.07 Å². The second-order valence-electron chi connectivity index (χ2n) is 2.81. The Morgan fingerprint density at radius 1 is 1.71 bits per heavy atom. The molecule has 5 heteroatoms. The molecule has 0 saturated heterocycles. The van der Waals surface area contributed by atoms with Crippen LogP contribution in [0.3, 0.4) is 0 Å².